The topological polar surface area (TPSA) is 27.6 Å². The maximum atomic E-state index is 4.66. The van der Waals surface area contributed by atoms with E-state index < -0.39 is 0 Å². The van der Waals surface area contributed by atoms with Gasteiger partial charge in [-0.05, 0) is 32.7 Å². The highest BCUT2D eigenvalue weighted by atomic mass is 32.2. The summed E-state index contributed by atoms with van der Waals surface area (Å²) < 4.78 is 0. The lowest BCUT2D eigenvalue weighted by atomic mass is 10.1. The van der Waals surface area contributed by atoms with Crippen LogP contribution in [-0.2, 0) is 0 Å². The SMILES string of the molecule is CCC(C)N(C)CCN=C1NC(CC(C)C)CS1. The van der Waals surface area contributed by atoms with E-state index in [1.807, 2.05) is 11.8 Å². The van der Waals surface area contributed by atoms with Crippen molar-refractivity contribution in [2.24, 2.45) is 10.9 Å². The van der Waals surface area contributed by atoms with Gasteiger partial charge in [-0.2, -0.15) is 0 Å². The van der Waals surface area contributed by atoms with Crippen LogP contribution < -0.4 is 5.32 Å². The molecule has 2 atom stereocenters. The Bertz CT molecular complexity index is 266. The molecule has 1 aliphatic heterocycles. The third-order valence-corrected chi connectivity index (χ3v) is 4.65. The minimum atomic E-state index is 0.626. The molecule has 1 saturated heterocycles. The maximum absolute atomic E-state index is 4.66. The Morgan fingerprint density at radius 1 is 1.44 bits per heavy atom. The lowest BCUT2D eigenvalue weighted by Crippen LogP contribution is -2.31. The van der Waals surface area contributed by atoms with Crippen molar-refractivity contribution in [1.82, 2.24) is 10.2 Å². The van der Waals surface area contributed by atoms with E-state index in [-0.39, 0.29) is 0 Å². The summed E-state index contributed by atoms with van der Waals surface area (Å²) in [5, 5.41) is 4.68. The predicted octanol–water partition coefficient (Wildman–Crippen LogP) is 2.82. The van der Waals surface area contributed by atoms with E-state index in [1.54, 1.807) is 0 Å². The second-order valence-corrected chi connectivity index (χ2v) is 6.72. The van der Waals surface area contributed by atoms with Gasteiger partial charge in [-0.3, -0.25) is 4.99 Å². The molecule has 1 N–H and O–H groups in total. The Labute approximate surface area is 117 Å². The molecule has 0 aromatic heterocycles. The average Bonchev–Trinajstić information content (AvgIpc) is 2.74. The van der Waals surface area contributed by atoms with Crippen molar-refractivity contribution in [2.75, 3.05) is 25.9 Å². The summed E-state index contributed by atoms with van der Waals surface area (Å²) in [6.07, 6.45) is 2.45. The molecule has 106 valence electrons. The van der Waals surface area contributed by atoms with Gasteiger partial charge in [-0.15, -0.1) is 0 Å². The molecule has 18 heavy (non-hydrogen) atoms. The highest BCUT2D eigenvalue weighted by Crippen LogP contribution is 2.18. The summed E-state index contributed by atoms with van der Waals surface area (Å²) >= 11 is 1.88. The lowest BCUT2D eigenvalue weighted by Gasteiger charge is -2.22. The van der Waals surface area contributed by atoms with E-state index in [0.717, 1.165) is 24.2 Å². The summed E-state index contributed by atoms with van der Waals surface area (Å²) in [5.74, 6) is 1.94. The van der Waals surface area contributed by atoms with Crippen molar-refractivity contribution in [3.05, 3.63) is 0 Å². The van der Waals surface area contributed by atoms with Gasteiger partial charge in [0.25, 0.3) is 0 Å². The van der Waals surface area contributed by atoms with Crippen LogP contribution in [0.4, 0.5) is 0 Å². The summed E-state index contributed by atoms with van der Waals surface area (Å²) in [6.45, 7) is 11.0. The largest absolute Gasteiger partial charge is 0.361 e. The Hall–Kier alpha value is -0.220. The molecule has 0 saturated carbocycles. The minimum Gasteiger partial charge on any atom is -0.361 e. The number of rotatable bonds is 7. The van der Waals surface area contributed by atoms with Crippen LogP contribution in [0.3, 0.4) is 0 Å². The lowest BCUT2D eigenvalue weighted by molar-refractivity contribution is 0.259. The van der Waals surface area contributed by atoms with Crippen molar-refractivity contribution in [3.63, 3.8) is 0 Å². The van der Waals surface area contributed by atoms with E-state index in [1.165, 1.54) is 18.6 Å². The van der Waals surface area contributed by atoms with E-state index >= 15 is 0 Å². The second kappa shape index (κ2) is 8.05. The van der Waals surface area contributed by atoms with Gasteiger partial charge in [0.2, 0.25) is 0 Å². The van der Waals surface area contributed by atoms with Gasteiger partial charge in [0.1, 0.15) is 0 Å². The number of amidine groups is 1. The first-order valence-corrected chi connectivity index (χ1v) is 8.15. The summed E-state index contributed by atoms with van der Waals surface area (Å²) in [4.78, 5) is 7.05. The Kier molecular flexibility index (Phi) is 7.08. The Morgan fingerprint density at radius 2 is 2.17 bits per heavy atom. The van der Waals surface area contributed by atoms with E-state index in [9.17, 15) is 0 Å². The number of aliphatic imine (C=N–C) groups is 1. The van der Waals surface area contributed by atoms with Crippen molar-refractivity contribution in [2.45, 2.75) is 52.6 Å². The molecule has 1 heterocycles. The zero-order valence-electron chi connectivity index (χ0n) is 12.6. The molecular weight excluding hydrogens is 242 g/mol. The predicted molar refractivity (Wildman–Crippen MR) is 83.5 cm³/mol. The van der Waals surface area contributed by atoms with E-state index in [0.29, 0.717) is 12.1 Å². The summed E-state index contributed by atoms with van der Waals surface area (Å²) in [6, 6.07) is 1.28. The molecule has 0 aliphatic carbocycles. The third kappa shape index (κ3) is 5.61. The number of hydrogen-bond donors (Lipinski definition) is 1. The minimum absolute atomic E-state index is 0.626. The molecule has 0 amide bonds. The number of nitrogens with zero attached hydrogens (tertiary/aromatic N) is 2. The smallest absolute Gasteiger partial charge is 0.156 e. The van der Waals surface area contributed by atoms with E-state index in [4.69, 9.17) is 0 Å². The van der Waals surface area contributed by atoms with Crippen LogP contribution in [-0.4, -0.2) is 48.0 Å². The molecule has 0 radical (unpaired) electrons. The molecule has 0 spiro atoms. The maximum Gasteiger partial charge on any atom is 0.156 e. The van der Waals surface area contributed by atoms with Gasteiger partial charge >= 0.3 is 0 Å². The fourth-order valence-electron chi connectivity index (χ4n) is 2.07. The van der Waals surface area contributed by atoms with Crippen LogP contribution in [0.5, 0.6) is 0 Å². The van der Waals surface area contributed by atoms with Gasteiger partial charge in [0.05, 0.1) is 6.54 Å². The van der Waals surface area contributed by atoms with Crippen molar-refractivity contribution in [3.8, 4) is 0 Å². The normalized spacial score (nSPS) is 23.9. The molecule has 0 aromatic rings. The molecular formula is C14H29N3S. The highest BCUT2D eigenvalue weighted by Gasteiger charge is 2.20. The quantitative estimate of drug-likeness (QED) is 0.771. The molecule has 0 aromatic carbocycles. The van der Waals surface area contributed by atoms with Gasteiger partial charge in [0.15, 0.2) is 5.17 Å². The molecule has 1 aliphatic rings. The Balaban J connectivity index is 2.24. The molecule has 3 nitrogen and oxygen atoms in total. The molecule has 1 fully saturated rings. The Morgan fingerprint density at radius 3 is 2.78 bits per heavy atom. The molecule has 1 rings (SSSR count). The fraction of sp³-hybridized carbons (Fsp3) is 0.929. The summed E-state index contributed by atoms with van der Waals surface area (Å²) in [7, 11) is 2.19. The van der Waals surface area contributed by atoms with Crippen LogP contribution in [0.2, 0.25) is 0 Å². The third-order valence-electron chi connectivity index (χ3n) is 3.56. The van der Waals surface area contributed by atoms with E-state index in [2.05, 4.69) is 50.0 Å². The highest BCUT2D eigenvalue weighted by molar-refractivity contribution is 8.14. The first-order chi connectivity index (χ1) is 8.52. The second-order valence-electron chi connectivity index (χ2n) is 5.71. The van der Waals surface area contributed by atoms with Gasteiger partial charge in [-0.1, -0.05) is 32.5 Å². The van der Waals surface area contributed by atoms with Crippen LogP contribution >= 0.6 is 11.8 Å². The van der Waals surface area contributed by atoms with Crippen molar-refractivity contribution in [1.29, 1.82) is 0 Å². The first kappa shape index (κ1) is 15.8. The number of nitrogens with one attached hydrogen (secondary N) is 1. The zero-order chi connectivity index (χ0) is 13.5. The number of thioether (sulfide) groups is 1. The van der Waals surface area contributed by atoms with Gasteiger partial charge in [-0.25, -0.2) is 0 Å². The standard InChI is InChI=1S/C14H29N3S/c1-6-12(4)17(5)8-7-15-14-16-13(10-18-14)9-11(2)3/h11-13H,6-10H2,1-5H3,(H,15,16). The number of hydrogen-bond acceptors (Lipinski definition) is 3. The zero-order valence-corrected chi connectivity index (χ0v) is 13.4. The number of likely N-dealkylation sites (N-methyl/N-ethyl adjacent to an activating group) is 1. The fourth-order valence-corrected chi connectivity index (χ4v) is 3.08. The van der Waals surface area contributed by atoms with Crippen LogP contribution in [0.1, 0.15) is 40.5 Å². The molecule has 4 heteroatoms. The average molecular weight is 271 g/mol. The first-order valence-electron chi connectivity index (χ1n) is 7.17. The molecule has 0 bridgehead atoms. The summed E-state index contributed by atoms with van der Waals surface area (Å²) in [5.41, 5.74) is 0. The van der Waals surface area contributed by atoms with Gasteiger partial charge in [0, 0.05) is 24.4 Å². The van der Waals surface area contributed by atoms with Crippen LogP contribution in [0, 0.1) is 5.92 Å². The van der Waals surface area contributed by atoms with Crippen molar-refractivity contribution < 1.29 is 0 Å². The molecule has 2 unspecified atom stereocenters. The van der Waals surface area contributed by atoms with Crippen molar-refractivity contribution >= 4 is 16.9 Å². The monoisotopic (exact) mass is 271 g/mol. The van der Waals surface area contributed by atoms with Gasteiger partial charge < -0.3 is 10.2 Å². The van der Waals surface area contributed by atoms with Crippen LogP contribution in [0.25, 0.3) is 0 Å². The van der Waals surface area contributed by atoms with Crippen LogP contribution in [0.15, 0.2) is 4.99 Å².